The average Bonchev–Trinajstić information content (AvgIpc) is 2.69. The van der Waals surface area contributed by atoms with Crippen molar-refractivity contribution in [2.75, 3.05) is 6.54 Å². The molecule has 0 aromatic rings. The van der Waals surface area contributed by atoms with Crippen LogP contribution < -0.4 is 0 Å². The summed E-state index contributed by atoms with van der Waals surface area (Å²) >= 11 is 0. The molecule has 0 saturated heterocycles. The van der Waals surface area contributed by atoms with Crippen molar-refractivity contribution in [3.05, 3.63) is 12.2 Å². The first-order valence-electron chi connectivity index (χ1n) is 5.36. The van der Waals surface area contributed by atoms with Crippen LogP contribution in [-0.2, 0) is 9.59 Å². The van der Waals surface area contributed by atoms with Crippen molar-refractivity contribution < 1.29 is 14.7 Å². The third-order valence-electron chi connectivity index (χ3n) is 2.76. The Hall–Kier alpha value is -1.32. The lowest BCUT2D eigenvalue weighted by Gasteiger charge is -2.26. The van der Waals surface area contributed by atoms with Crippen LogP contribution in [0.5, 0.6) is 0 Å². The lowest BCUT2D eigenvalue weighted by molar-refractivity contribution is -0.132. The SMILES string of the molecule is CCN(C(=O)/C=C/C(=O)O)C1CCCC1. The minimum atomic E-state index is -1.08. The van der Waals surface area contributed by atoms with Gasteiger partial charge >= 0.3 is 5.97 Å². The molecule has 1 amide bonds. The largest absolute Gasteiger partial charge is 0.478 e. The molecule has 4 heteroatoms. The molecule has 1 saturated carbocycles. The maximum atomic E-state index is 11.6. The number of carbonyl (C=O) groups excluding carboxylic acids is 1. The van der Waals surface area contributed by atoms with Crippen LogP contribution in [0.3, 0.4) is 0 Å². The second-order valence-electron chi connectivity index (χ2n) is 3.73. The predicted octanol–water partition coefficient (Wildman–Crippen LogP) is 1.42. The van der Waals surface area contributed by atoms with Gasteiger partial charge in [-0.1, -0.05) is 12.8 Å². The molecular weight excluding hydrogens is 194 g/mol. The van der Waals surface area contributed by atoms with Gasteiger partial charge in [0.1, 0.15) is 0 Å². The second-order valence-corrected chi connectivity index (χ2v) is 3.73. The molecule has 15 heavy (non-hydrogen) atoms. The summed E-state index contributed by atoms with van der Waals surface area (Å²) in [5.74, 6) is -1.27. The second kappa shape index (κ2) is 5.53. The lowest BCUT2D eigenvalue weighted by Crippen LogP contribution is -2.37. The van der Waals surface area contributed by atoms with Gasteiger partial charge in [0, 0.05) is 24.7 Å². The standard InChI is InChI=1S/C11H17NO3/c1-2-12(9-5-3-4-6-9)10(13)7-8-11(14)15/h7-9H,2-6H2,1H3,(H,14,15)/b8-7+. The summed E-state index contributed by atoms with van der Waals surface area (Å²) in [4.78, 5) is 23.7. The number of carbonyl (C=O) groups is 2. The zero-order valence-corrected chi connectivity index (χ0v) is 8.98. The van der Waals surface area contributed by atoms with Gasteiger partial charge in [0.25, 0.3) is 0 Å². The Morgan fingerprint density at radius 2 is 1.93 bits per heavy atom. The number of carboxylic acids is 1. The molecule has 4 nitrogen and oxygen atoms in total. The van der Waals surface area contributed by atoms with Gasteiger partial charge in [-0.05, 0) is 19.8 Å². The Balaban J connectivity index is 2.57. The van der Waals surface area contributed by atoms with Crippen molar-refractivity contribution >= 4 is 11.9 Å². The normalized spacial score (nSPS) is 17.1. The van der Waals surface area contributed by atoms with Crippen LogP contribution in [0.15, 0.2) is 12.2 Å². The van der Waals surface area contributed by atoms with E-state index in [4.69, 9.17) is 5.11 Å². The molecule has 84 valence electrons. The highest BCUT2D eigenvalue weighted by molar-refractivity contribution is 5.94. The number of nitrogens with zero attached hydrogens (tertiary/aromatic N) is 1. The quantitative estimate of drug-likeness (QED) is 0.715. The summed E-state index contributed by atoms with van der Waals surface area (Å²) < 4.78 is 0. The van der Waals surface area contributed by atoms with E-state index >= 15 is 0 Å². The summed E-state index contributed by atoms with van der Waals surface area (Å²) in [5, 5.41) is 8.42. The minimum Gasteiger partial charge on any atom is -0.478 e. The maximum absolute atomic E-state index is 11.6. The van der Waals surface area contributed by atoms with E-state index in [0.29, 0.717) is 12.6 Å². The molecule has 0 atom stereocenters. The molecule has 0 aromatic heterocycles. The van der Waals surface area contributed by atoms with Gasteiger partial charge in [0.05, 0.1) is 0 Å². The van der Waals surface area contributed by atoms with E-state index in [9.17, 15) is 9.59 Å². The summed E-state index contributed by atoms with van der Waals surface area (Å²) in [6.45, 7) is 2.57. The van der Waals surface area contributed by atoms with Crippen molar-refractivity contribution in [3.8, 4) is 0 Å². The third-order valence-corrected chi connectivity index (χ3v) is 2.76. The van der Waals surface area contributed by atoms with Crippen LogP contribution in [-0.4, -0.2) is 34.5 Å². The van der Waals surface area contributed by atoms with Gasteiger partial charge < -0.3 is 10.0 Å². The molecule has 1 aliphatic carbocycles. The van der Waals surface area contributed by atoms with Crippen molar-refractivity contribution in [1.82, 2.24) is 4.90 Å². The highest BCUT2D eigenvalue weighted by atomic mass is 16.4. The maximum Gasteiger partial charge on any atom is 0.328 e. The van der Waals surface area contributed by atoms with E-state index in [1.165, 1.54) is 0 Å². The highest BCUT2D eigenvalue weighted by Crippen LogP contribution is 2.23. The molecule has 0 bridgehead atoms. The van der Waals surface area contributed by atoms with Crippen LogP contribution in [0.1, 0.15) is 32.6 Å². The topological polar surface area (TPSA) is 57.6 Å². The summed E-state index contributed by atoms with van der Waals surface area (Å²) in [5.41, 5.74) is 0. The Kier molecular flexibility index (Phi) is 4.34. The number of likely N-dealkylation sites (N-methyl/N-ethyl adjacent to an activating group) is 1. The molecule has 1 fully saturated rings. The van der Waals surface area contributed by atoms with Gasteiger partial charge in [-0.3, -0.25) is 4.79 Å². The van der Waals surface area contributed by atoms with Gasteiger partial charge in [0.15, 0.2) is 0 Å². The van der Waals surface area contributed by atoms with Gasteiger partial charge in [-0.15, -0.1) is 0 Å². The summed E-state index contributed by atoms with van der Waals surface area (Å²) in [6, 6.07) is 0.306. The van der Waals surface area contributed by atoms with Crippen molar-refractivity contribution in [1.29, 1.82) is 0 Å². The molecular formula is C11H17NO3. The van der Waals surface area contributed by atoms with Crippen LogP contribution in [0, 0.1) is 0 Å². The predicted molar refractivity (Wildman–Crippen MR) is 56.4 cm³/mol. The Morgan fingerprint density at radius 3 is 2.40 bits per heavy atom. The van der Waals surface area contributed by atoms with Crippen molar-refractivity contribution in [2.45, 2.75) is 38.6 Å². The molecule has 0 heterocycles. The number of carboxylic acid groups (broad SMARTS) is 1. The molecule has 0 aromatic carbocycles. The molecule has 0 unspecified atom stereocenters. The van der Waals surface area contributed by atoms with Crippen LogP contribution in [0.4, 0.5) is 0 Å². The van der Waals surface area contributed by atoms with Gasteiger partial charge in [-0.25, -0.2) is 4.79 Å². The van der Waals surface area contributed by atoms with E-state index in [1.807, 2.05) is 6.92 Å². The first kappa shape index (κ1) is 11.8. The smallest absolute Gasteiger partial charge is 0.328 e. The Labute approximate surface area is 89.6 Å². The fourth-order valence-electron chi connectivity index (χ4n) is 2.05. The fraction of sp³-hybridized carbons (Fsp3) is 0.636. The van der Waals surface area contributed by atoms with Crippen LogP contribution in [0.2, 0.25) is 0 Å². The Bertz CT molecular complexity index is 267. The third kappa shape index (κ3) is 3.38. The van der Waals surface area contributed by atoms with E-state index in [1.54, 1.807) is 4.90 Å². The zero-order chi connectivity index (χ0) is 11.3. The highest BCUT2D eigenvalue weighted by Gasteiger charge is 2.23. The Morgan fingerprint density at radius 1 is 1.33 bits per heavy atom. The molecule has 1 N–H and O–H groups in total. The number of aliphatic carboxylic acids is 1. The average molecular weight is 211 g/mol. The van der Waals surface area contributed by atoms with Gasteiger partial charge in [0.2, 0.25) is 5.91 Å². The van der Waals surface area contributed by atoms with E-state index in [2.05, 4.69) is 0 Å². The summed E-state index contributed by atoms with van der Waals surface area (Å²) in [7, 11) is 0. The number of rotatable bonds is 4. The summed E-state index contributed by atoms with van der Waals surface area (Å²) in [6.07, 6.45) is 6.46. The zero-order valence-electron chi connectivity index (χ0n) is 8.98. The first-order valence-corrected chi connectivity index (χ1v) is 5.36. The first-order chi connectivity index (χ1) is 7.15. The fourth-order valence-corrected chi connectivity index (χ4v) is 2.05. The number of hydrogen-bond acceptors (Lipinski definition) is 2. The molecule has 1 rings (SSSR count). The van der Waals surface area contributed by atoms with E-state index < -0.39 is 5.97 Å². The van der Waals surface area contributed by atoms with Crippen LogP contribution >= 0.6 is 0 Å². The van der Waals surface area contributed by atoms with Gasteiger partial charge in [-0.2, -0.15) is 0 Å². The molecule has 0 spiro atoms. The molecule has 0 aliphatic heterocycles. The monoisotopic (exact) mass is 211 g/mol. The van der Waals surface area contributed by atoms with Crippen molar-refractivity contribution in [3.63, 3.8) is 0 Å². The minimum absolute atomic E-state index is 0.188. The number of hydrogen-bond donors (Lipinski definition) is 1. The lowest BCUT2D eigenvalue weighted by atomic mass is 10.2. The van der Waals surface area contributed by atoms with E-state index in [0.717, 1.165) is 37.8 Å². The van der Waals surface area contributed by atoms with E-state index in [-0.39, 0.29) is 5.91 Å². The molecule has 0 radical (unpaired) electrons. The number of amides is 1. The van der Waals surface area contributed by atoms with Crippen molar-refractivity contribution in [2.24, 2.45) is 0 Å². The van der Waals surface area contributed by atoms with Crippen LogP contribution in [0.25, 0.3) is 0 Å². The molecule has 1 aliphatic rings.